The van der Waals surface area contributed by atoms with E-state index in [-0.39, 0.29) is 0 Å². The second kappa shape index (κ2) is 4.25. The lowest BCUT2D eigenvalue weighted by Gasteiger charge is -2.13. The molecule has 0 spiro atoms. The Hall–Kier alpha value is -1.06. The van der Waals surface area contributed by atoms with Crippen molar-refractivity contribution < 1.29 is 0 Å². The van der Waals surface area contributed by atoms with Crippen molar-refractivity contribution in [2.24, 2.45) is 0 Å². The van der Waals surface area contributed by atoms with Gasteiger partial charge in [-0.15, -0.1) is 0 Å². The molecule has 1 aromatic rings. The van der Waals surface area contributed by atoms with Crippen LogP contribution in [0, 0.1) is 6.92 Å². The number of hydrogen-bond acceptors (Lipinski definition) is 3. The molecule has 0 atom stereocenters. The van der Waals surface area contributed by atoms with Crippen LogP contribution in [0.25, 0.3) is 0 Å². The summed E-state index contributed by atoms with van der Waals surface area (Å²) >= 11 is 0. The van der Waals surface area contributed by atoms with Crippen molar-refractivity contribution in [3.05, 3.63) is 29.3 Å². The quantitative estimate of drug-likeness (QED) is 0.540. The van der Waals surface area contributed by atoms with Gasteiger partial charge in [-0.1, -0.05) is 17.7 Å². The standard InChI is InChI=1S/C10H17N3/c1-8-4-5-10(11)9(6-8)7-12-13(2)3/h4-6,12H,7,11H2,1-3H3. The molecule has 0 unspecified atom stereocenters. The number of nitrogens with zero attached hydrogens (tertiary/aromatic N) is 1. The molecule has 0 fully saturated rings. The van der Waals surface area contributed by atoms with E-state index in [2.05, 4.69) is 18.4 Å². The summed E-state index contributed by atoms with van der Waals surface area (Å²) < 4.78 is 0. The SMILES string of the molecule is Cc1ccc(N)c(CNN(C)C)c1. The average Bonchev–Trinajstić information content (AvgIpc) is 2.06. The number of anilines is 1. The number of aryl methyl sites for hydroxylation is 1. The van der Waals surface area contributed by atoms with E-state index < -0.39 is 0 Å². The van der Waals surface area contributed by atoms with Gasteiger partial charge in [-0.2, -0.15) is 0 Å². The summed E-state index contributed by atoms with van der Waals surface area (Å²) in [6.45, 7) is 2.85. The highest BCUT2D eigenvalue weighted by Gasteiger charge is 1.98. The van der Waals surface area contributed by atoms with Crippen molar-refractivity contribution in [1.29, 1.82) is 0 Å². The lowest BCUT2D eigenvalue weighted by atomic mass is 10.1. The highest BCUT2D eigenvalue weighted by Crippen LogP contribution is 2.12. The maximum absolute atomic E-state index is 5.82. The molecule has 0 aliphatic carbocycles. The van der Waals surface area contributed by atoms with Crippen LogP contribution in [0.5, 0.6) is 0 Å². The third-order valence-electron chi connectivity index (χ3n) is 1.88. The Kier molecular flexibility index (Phi) is 3.28. The van der Waals surface area contributed by atoms with E-state index in [1.807, 2.05) is 31.2 Å². The number of nitrogens with two attached hydrogens (primary N) is 1. The van der Waals surface area contributed by atoms with Crippen LogP contribution in [0.1, 0.15) is 11.1 Å². The van der Waals surface area contributed by atoms with Crippen LogP contribution in [0.3, 0.4) is 0 Å². The molecule has 0 aromatic heterocycles. The predicted octanol–water partition coefficient (Wildman–Crippen LogP) is 1.14. The van der Waals surface area contributed by atoms with Crippen molar-refractivity contribution in [1.82, 2.24) is 10.4 Å². The fourth-order valence-electron chi connectivity index (χ4n) is 1.13. The van der Waals surface area contributed by atoms with Gasteiger partial charge in [0.1, 0.15) is 0 Å². The van der Waals surface area contributed by atoms with Gasteiger partial charge < -0.3 is 5.73 Å². The summed E-state index contributed by atoms with van der Waals surface area (Å²) in [5.41, 5.74) is 12.2. The van der Waals surface area contributed by atoms with Gasteiger partial charge in [0.05, 0.1) is 0 Å². The molecule has 0 heterocycles. The molecule has 0 saturated heterocycles. The minimum absolute atomic E-state index is 0.778. The van der Waals surface area contributed by atoms with Crippen LogP contribution >= 0.6 is 0 Å². The molecule has 3 nitrogen and oxygen atoms in total. The second-order valence-corrected chi connectivity index (χ2v) is 3.43. The summed E-state index contributed by atoms with van der Waals surface area (Å²) in [5.74, 6) is 0. The van der Waals surface area contributed by atoms with Crippen molar-refractivity contribution in [3.63, 3.8) is 0 Å². The van der Waals surface area contributed by atoms with Crippen molar-refractivity contribution >= 4 is 5.69 Å². The number of hydrazine groups is 1. The molecule has 0 saturated carbocycles. The van der Waals surface area contributed by atoms with E-state index in [1.165, 1.54) is 5.56 Å². The van der Waals surface area contributed by atoms with Gasteiger partial charge in [-0.25, -0.2) is 0 Å². The first kappa shape index (κ1) is 10.0. The molecule has 0 radical (unpaired) electrons. The Balaban J connectivity index is 2.70. The molecule has 1 aromatic carbocycles. The Bertz CT molecular complexity index is 281. The molecule has 0 aliphatic heterocycles. The summed E-state index contributed by atoms with van der Waals surface area (Å²) in [4.78, 5) is 0. The Morgan fingerprint density at radius 1 is 1.38 bits per heavy atom. The Morgan fingerprint density at radius 2 is 2.08 bits per heavy atom. The summed E-state index contributed by atoms with van der Waals surface area (Å²) in [6, 6.07) is 6.07. The number of hydrogen-bond donors (Lipinski definition) is 2. The number of rotatable bonds is 3. The second-order valence-electron chi connectivity index (χ2n) is 3.43. The van der Waals surface area contributed by atoms with Crippen LogP contribution in [-0.2, 0) is 6.54 Å². The van der Waals surface area contributed by atoms with Crippen LogP contribution < -0.4 is 11.2 Å². The number of nitrogen functional groups attached to an aromatic ring is 1. The van der Waals surface area contributed by atoms with Crippen LogP contribution in [-0.4, -0.2) is 19.1 Å². The van der Waals surface area contributed by atoms with Crippen molar-refractivity contribution in [2.75, 3.05) is 19.8 Å². The number of benzene rings is 1. The Labute approximate surface area is 79.5 Å². The van der Waals surface area contributed by atoms with E-state index in [9.17, 15) is 0 Å². The van der Waals surface area contributed by atoms with Gasteiger partial charge in [0.15, 0.2) is 0 Å². The molecule has 0 amide bonds. The van der Waals surface area contributed by atoms with E-state index in [1.54, 1.807) is 0 Å². The van der Waals surface area contributed by atoms with Gasteiger partial charge in [0.25, 0.3) is 0 Å². The largest absolute Gasteiger partial charge is 0.398 e. The first-order valence-electron chi connectivity index (χ1n) is 4.35. The summed E-state index contributed by atoms with van der Waals surface area (Å²) in [7, 11) is 3.93. The smallest absolute Gasteiger partial charge is 0.0373 e. The minimum atomic E-state index is 0.778. The lowest BCUT2D eigenvalue weighted by Crippen LogP contribution is -2.29. The maximum atomic E-state index is 5.82. The van der Waals surface area contributed by atoms with Crippen LogP contribution in [0.2, 0.25) is 0 Å². The average molecular weight is 179 g/mol. The van der Waals surface area contributed by atoms with Crippen molar-refractivity contribution in [3.8, 4) is 0 Å². The fourth-order valence-corrected chi connectivity index (χ4v) is 1.13. The van der Waals surface area contributed by atoms with Gasteiger partial charge >= 0.3 is 0 Å². The van der Waals surface area contributed by atoms with Crippen LogP contribution in [0.4, 0.5) is 5.69 Å². The topological polar surface area (TPSA) is 41.3 Å². The zero-order valence-electron chi connectivity index (χ0n) is 8.46. The lowest BCUT2D eigenvalue weighted by molar-refractivity contribution is 0.286. The normalized spacial score (nSPS) is 10.8. The summed E-state index contributed by atoms with van der Waals surface area (Å²) in [6.07, 6.45) is 0. The molecular weight excluding hydrogens is 162 g/mol. The van der Waals surface area contributed by atoms with Gasteiger partial charge in [0, 0.05) is 26.3 Å². The van der Waals surface area contributed by atoms with E-state index in [4.69, 9.17) is 5.73 Å². The zero-order valence-corrected chi connectivity index (χ0v) is 8.46. The highest BCUT2D eigenvalue weighted by molar-refractivity contribution is 5.48. The highest BCUT2D eigenvalue weighted by atomic mass is 15.5. The molecule has 3 N–H and O–H groups in total. The fraction of sp³-hybridized carbons (Fsp3) is 0.400. The van der Waals surface area contributed by atoms with Crippen molar-refractivity contribution in [2.45, 2.75) is 13.5 Å². The molecule has 0 aliphatic rings. The van der Waals surface area contributed by atoms with E-state index >= 15 is 0 Å². The first-order valence-corrected chi connectivity index (χ1v) is 4.35. The maximum Gasteiger partial charge on any atom is 0.0373 e. The predicted molar refractivity (Wildman–Crippen MR) is 56.1 cm³/mol. The molecule has 13 heavy (non-hydrogen) atoms. The van der Waals surface area contributed by atoms with Gasteiger partial charge in [0.2, 0.25) is 0 Å². The van der Waals surface area contributed by atoms with Crippen LogP contribution in [0.15, 0.2) is 18.2 Å². The molecule has 3 heteroatoms. The molecule has 1 rings (SSSR count). The Morgan fingerprint density at radius 3 is 2.69 bits per heavy atom. The first-order chi connectivity index (χ1) is 6.09. The zero-order chi connectivity index (χ0) is 9.84. The van der Waals surface area contributed by atoms with E-state index in [0.717, 1.165) is 17.8 Å². The molecular formula is C10H17N3. The monoisotopic (exact) mass is 179 g/mol. The summed E-state index contributed by atoms with van der Waals surface area (Å²) in [5, 5.41) is 1.92. The van der Waals surface area contributed by atoms with E-state index in [0.29, 0.717) is 0 Å². The van der Waals surface area contributed by atoms with Gasteiger partial charge in [-0.05, 0) is 18.6 Å². The third kappa shape index (κ3) is 3.05. The van der Waals surface area contributed by atoms with Gasteiger partial charge in [-0.3, -0.25) is 10.4 Å². The molecule has 0 bridgehead atoms. The molecule has 72 valence electrons. The third-order valence-corrected chi connectivity index (χ3v) is 1.88. The number of nitrogens with one attached hydrogen (secondary N) is 1. The minimum Gasteiger partial charge on any atom is -0.398 e.